The second-order valence-corrected chi connectivity index (χ2v) is 7.73. The molecule has 4 aromatic rings. The number of carbonyl (C=O) groups excluding carboxylic acids is 2. The van der Waals surface area contributed by atoms with E-state index in [9.17, 15) is 9.59 Å². The molecule has 150 valence electrons. The van der Waals surface area contributed by atoms with Gasteiger partial charge >= 0.3 is 0 Å². The van der Waals surface area contributed by atoms with Gasteiger partial charge in [0.25, 0.3) is 11.8 Å². The van der Waals surface area contributed by atoms with E-state index < -0.39 is 6.04 Å². The number of amides is 2. The third-order valence-corrected chi connectivity index (χ3v) is 5.67. The van der Waals surface area contributed by atoms with Crippen molar-refractivity contribution in [3.63, 3.8) is 0 Å². The fourth-order valence-corrected chi connectivity index (χ4v) is 4.04. The highest BCUT2D eigenvalue weighted by atomic mass is 32.1. The monoisotopic (exact) mass is 417 g/mol. The SMILES string of the molecule is Cc1cnccc1-c1ccc(C(=O)NC(C(=O)Nc2cn[nH]c2)c2ccccc2)s1. The summed E-state index contributed by atoms with van der Waals surface area (Å²) in [4.78, 5) is 31.4. The Hall–Kier alpha value is -3.78. The van der Waals surface area contributed by atoms with E-state index in [0.717, 1.165) is 16.0 Å². The van der Waals surface area contributed by atoms with Crippen molar-refractivity contribution in [3.05, 3.63) is 89.3 Å². The lowest BCUT2D eigenvalue weighted by Crippen LogP contribution is -2.36. The molecule has 1 unspecified atom stereocenters. The molecule has 1 atom stereocenters. The Kier molecular flexibility index (Phi) is 5.67. The maximum absolute atomic E-state index is 13.0. The molecule has 2 amide bonds. The molecule has 0 saturated heterocycles. The minimum atomic E-state index is -0.846. The summed E-state index contributed by atoms with van der Waals surface area (Å²) < 4.78 is 0. The predicted octanol–water partition coefficient (Wildman–Crippen LogP) is 3.95. The molecule has 3 heterocycles. The molecule has 3 aromatic heterocycles. The number of pyridine rings is 1. The number of aryl methyl sites for hydroxylation is 1. The predicted molar refractivity (Wildman–Crippen MR) is 116 cm³/mol. The molecule has 0 aliphatic rings. The number of rotatable bonds is 6. The maximum atomic E-state index is 13.0. The number of nitrogens with one attached hydrogen (secondary N) is 3. The lowest BCUT2D eigenvalue weighted by atomic mass is 10.1. The van der Waals surface area contributed by atoms with Gasteiger partial charge < -0.3 is 10.6 Å². The zero-order valence-corrected chi connectivity index (χ0v) is 16.9. The van der Waals surface area contributed by atoms with Gasteiger partial charge in [-0.05, 0) is 41.8 Å². The van der Waals surface area contributed by atoms with Crippen LogP contribution in [0, 0.1) is 6.92 Å². The van der Waals surface area contributed by atoms with Crippen molar-refractivity contribution in [2.45, 2.75) is 13.0 Å². The van der Waals surface area contributed by atoms with Crippen LogP contribution in [0.25, 0.3) is 10.4 Å². The summed E-state index contributed by atoms with van der Waals surface area (Å²) in [5.74, 6) is -0.660. The second-order valence-electron chi connectivity index (χ2n) is 6.65. The quantitative estimate of drug-likeness (QED) is 0.442. The summed E-state index contributed by atoms with van der Waals surface area (Å²) in [6.45, 7) is 1.98. The van der Waals surface area contributed by atoms with Gasteiger partial charge in [0, 0.05) is 23.5 Å². The molecule has 0 spiro atoms. The summed E-state index contributed by atoms with van der Waals surface area (Å²) >= 11 is 1.38. The van der Waals surface area contributed by atoms with E-state index in [1.165, 1.54) is 17.5 Å². The van der Waals surface area contributed by atoms with Crippen LogP contribution in [0.1, 0.15) is 26.8 Å². The molecule has 8 heteroatoms. The summed E-state index contributed by atoms with van der Waals surface area (Å²) in [5, 5.41) is 12.1. The zero-order valence-electron chi connectivity index (χ0n) is 16.1. The molecule has 0 aliphatic heterocycles. The first-order valence-corrected chi connectivity index (χ1v) is 10.1. The molecular weight excluding hydrogens is 398 g/mol. The number of thiophene rings is 1. The highest BCUT2D eigenvalue weighted by Crippen LogP contribution is 2.30. The van der Waals surface area contributed by atoms with E-state index in [1.54, 1.807) is 36.8 Å². The molecular formula is C22H19N5O2S. The van der Waals surface area contributed by atoms with Crippen molar-refractivity contribution >= 4 is 28.8 Å². The Morgan fingerprint density at radius 1 is 1.07 bits per heavy atom. The number of hydrogen-bond acceptors (Lipinski definition) is 5. The number of benzene rings is 1. The topological polar surface area (TPSA) is 99.8 Å². The van der Waals surface area contributed by atoms with Crippen molar-refractivity contribution in [1.82, 2.24) is 20.5 Å². The van der Waals surface area contributed by atoms with Gasteiger partial charge in [-0.25, -0.2) is 0 Å². The molecule has 0 aliphatic carbocycles. The van der Waals surface area contributed by atoms with E-state index in [2.05, 4.69) is 25.8 Å². The number of aromatic amines is 1. The number of H-pyrrole nitrogens is 1. The Bertz CT molecular complexity index is 1160. The lowest BCUT2D eigenvalue weighted by molar-refractivity contribution is -0.118. The fraction of sp³-hybridized carbons (Fsp3) is 0.0909. The minimum Gasteiger partial charge on any atom is -0.336 e. The molecule has 0 saturated carbocycles. The maximum Gasteiger partial charge on any atom is 0.262 e. The minimum absolute atomic E-state index is 0.311. The summed E-state index contributed by atoms with van der Waals surface area (Å²) in [7, 11) is 0. The fourth-order valence-electron chi connectivity index (χ4n) is 3.04. The van der Waals surface area contributed by atoms with Gasteiger partial charge in [0.05, 0.1) is 16.8 Å². The van der Waals surface area contributed by atoms with Crippen LogP contribution in [-0.4, -0.2) is 27.0 Å². The smallest absolute Gasteiger partial charge is 0.262 e. The van der Waals surface area contributed by atoms with Crippen molar-refractivity contribution in [3.8, 4) is 10.4 Å². The van der Waals surface area contributed by atoms with Crippen LogP contribution in [0.4, 0.5) is 5.69 Å². The molecule has 30 heavy (non-hydrogen) atoms. The van der Waals surface area contributed by atoms with E-state index in [1.807, 2.05) is 37.3 Å². The van der Waals surface area contributed by atoms with Crippen molar-refractivity contribution in [2.24, 2.45) is 0 Å². The van der Waals surface area contributed by atoms with Gasteiger partial charge in [0.1, 0.15) is 6.04 Å². The number of carbonyl (C=O) groups is 2. The summed E-state index contributed by atoms with van der Waals surface area (Å²) in [5.41, 5.74) is 3.29. The van der Waals surface area contributed by atoms with Gasteiger partial charge in [-0.2, -0.15) is 5.10 Å². The van der Waals surface area contributed by atoms with Crippen LogP contribution in [0.2, 0.25) is 0 Å². The van der Waals surface area contributed by atoms with Crippen LogP contribution < -0.4 is 10.6 Å². The summed E-state index contributed by atoms with van der Waals surface area (Å²) in [6, 6.07) is 13.9. The molecule has 4 rings (SSSR count). The van der Waals surface area contributed by atoms with E-state index in [0.29, 0.717) is 16.1 Å². The Morgan fingerprint density at radius 2 is 1.90 bits per heavy atom. The first kappa shape index (κ1) is 19.5. The highest BCUT2D eigenvalue weighted by molar-refractivity contribution is 7.17. The van der Waals surface area contributed by atoms with Crippen LogP contribution >= 0.6 is 11.3 Å². The van der Waals surface area contributed by atoms with Crippen LogP contribution in [-0.2, 0) is 4.79 Å². The number of aromatic nitrogens is 3. The number of hydrogen-bond donors (Lipinski definition) is 3. The van der Waals surface area contributed by atoms with Gasteiger partial charge in [0.2, 0.25) is 0 Å². The van der Waals surface area contributed by atoms with Gasteiger partial charge in [-0.3, -0.25) is 19.7 Å². The van der Waals surface area contributed by atoms with Crippen molar-refractivity contribution in [2.75, 3.05) is 5.32 Å². The average molecular weight is 417 g/mol. The standard InChI is InChI=1S/C22H19N5O2S/c1-14-11-23-10-9-17(14)18-7-8-19(30-18)21(28)27-20(15-5-3-2-4-6-15)22(29)26-16-12-24-25-13-16/h2-13,20H,1H3,(H,24,25)(H,26,29)(H,27,28). The third kappa shape index (κ3) is 4.28. The zero-order chi connectivity index (χ0) is 20.9. The summed E-state index contributed by atoms with van der Waals surface area (Å²) in [6.07, 6.45) is 6.60. The molecule has 1 aromatic carbocycles. The van der Waals surface area contributed by atoms with E-state index in [-0.39, 0.29) is 11.8 Å². The normalized spacial score (nSPS) is 11.6. The second kappa shape index (κ2) is 8.71. The Labute approximate surface area is 177 Å². The molecule has 3 N–H and O–H groups in total. The van der Waals surface area contributed by atoms with E-state index in [4.69, 9.17) is 0 Å². The molecule has 7 nitrogen and oxygen atoms in total. The molecule has 0 fully saturated rings. The Morgan fingerprint density at radius 3 is 2.63 bits per heavy atom. The van der Waals surface area contributed by atoms with Crippen LogP contribution in [0.15, 0.2) is 73.3 Å². The van der Waals surface area contributed by atoms with Gasteiger partial charge in [0.15, 0.2) is 0 Å². The molecule has 0 radical (unpaired) electrons. The van der Waals surface area contributed by atoms with Gasteiger partial charge in [-0.1, -0.05) is 30.3 Å². The van der Waals surface area contributed by atoms with Crippen molar-refractivity contribution in [1.29, 1.82) is 0 Å². The highest BCUT2D eigenvalue weighted by Gasteiger charge is 2.24. The van der Waals surface area contributed by atoms with Crippen LogP contribution in [0.3, 0.4) is 0 Å². The first-order chi connectivity index (χ1) is 14.6. The Balaban J connectivity index is 1.56. The number of nitrogens with zero attached hydrogens (tertiary/aromatic N) is 2. The van der Waals surface area contributed by atoms with Gasteiger partial charge in [-0.15, -0.1) is 11.3 Å². The third-order valence-electron chi connectivity index (χ3n) is 4.55. The largest absolute Gasteiger partial charge is 0.336 e. The van der Waals surface area contributed by atoms with E-state index >= 15 is 0 Å². The average Bonchev–Trinajstić information content (AvgIpc) is 3.45. The molecule has 0 bridgehead atoms. The van der Waals surface area contributed by atoms with Crippen molar-refractivity contribution < 1.29 is 9.59 Å². The van der Waals surface area contributed by atoms with Crippen LogP contribution in [0.5, 0.6) is 0 Å². The first-order valence-electron chi connectivity index (χ1n) is 9.28. The lowest BCUT2D eigenvalue weighted by Gasteiger charge is -2.18. The number of anilines is 1.